The summed E-state index contributed by atoms with van der Waals surface area (Å²) < 4.78 is 0. The van der Waals surface area contributed by atoms with Crippen LogP contribution in [-0.4, -0.2) is 17.4 Å². The molecule has 0 aliphatic heterocycles. The van der Waals surface area contributed by atoms with Crippen LogP contribution in [-0.2, 0) is 16.0 Å². The molecule has 1 aromatic rings. The van der Waals surface area contributed by atoms with E-state index < -0.39 is 11.9 Å². The Balaban J connectivity index is 2.47. The number of carboxylic acid groups (broad SMARTS) is 1. The summed E-state index contributed by atoms with van der Waals surface area (Å²) in [5.74, 6) is -1.92. The largest absolute Gasteiger partial charge is 0.481 e. The smallest absolute Gasteiger partial charge is 0.313 e. The van der Waals surface area contributed by atoms with Crippen LogP contribution >= 0.6 is 0 Å². The second-order valence-corrected chi connectivity index (χ2v) is 3.11. The van der Waals surface area contributed by atoms with Crippen LogP contribution in [0.3, 0.4) is 0 Å². The Morgan fingerprint density at radius 3 is 2.50 bits per heavy atom. The maximum atomic E-state index is 10.5. The number of hydrogen-bond acceptors (Lipinski definition) is 2. The minimum Gasteiger partial charge on any atom is -0.481 e. The second kappa shape index (κ2) is 5.17. The minimum atomic E-state index is -1.05. The third-order valence-corrected chi connectivity index (χ3v) is 2.07. The molecule has 1 rings (SSSR count). The van der Waals surface area contributed by atoms with Gasteiger partial charge in [-0.3, -0.25) is 4.79 Å². The number of aryl methyl sites for hydroxylation is 1. The summed E-state index contributed by atoms with van der Waals surface area (Å²) in [5, 5.41) is 8.62. The van der Waals surface area contributed by atoms with Crippen LogP contribution < -0.4 is 0 Å². The molecule has 1 atom stereocenters. The van der Waals surface area contributed by atoms with E-state index in [1.54, 1.807) is 0 Å². The molecule has 1 unspecified atom stereocenters. The van der Waals surface area contributed by atoms with E-state index in [2.05, 4.69) is 0 Å². The monoisotopic (exact) mass is 192 g/mol. The van der Waals surface area contributed by atoms with Crippen molar-refractivity contribution in [3.63, 3.8) is 0 Å². The lowest BCUT2D eigenvalue weighted by atomic mass is 10.0. The van der Waals surface area contributed by atoms with Crippen LogP contribution in [0.4, 0.5) is 0 Å². The van der Waals surface area contributed by atoms with Crippen molar-refractivity contribution in [3.05, 3.63) is 35.9 Å². The van der Waals surface area contributed by atoms with Gasteiger partial charge in [-0.15, -0.1) is 0 Å². The zero-order valence-electron chi connectivity index (χ0n) is 7.72. The van der Waals surface area contributed by atoms with Gasteiger partial charge in [-0.05, 0) is 18.4 Å². The van der Waals surface area contributed by atoms with Crippen molar-refractivity contribution < 1.29 is 14.7 Å². The highest BCUT2D eigenvalue weighted by molar-refractivity contribution is 5.86. The number of aliphatic carboxylic acids is 1. The van der Waals surface area contributed by atoms with Crippen molar-refractivity contribution in [2.75, 3.05) is 0 Å². The molecule has 1 aromatic carbocycles. The summed E-state index contributed by atoms with van der Waals surface area (Å²) >= 11 is 0. The predicted octanol–water partition coefficient (Wildman–Crippen LogP) is 1.52. The zero-order chi connectivity index (χ0) is 10.4. The van der Waals surface area contributed by atoms with Gasteiger partial charge < -0.3 is 9.90 Å². The molecule has 0 amide bonds. The number of rotatable bonds is 5. The summed E-state index contributed by atoms with van der Waals surface area (Å²) in [7, 11) is 0. The number of benzene rings is 1. The van der Waals surface area contributed by atoms with E-state index in [1.165, 1.54) is 0 Å². The minimum absolute atomic E-state index is 0.364. The van der Waals surface area contributed by atoms with E-state index in [1.807, 2.05) is 30.3 Å². The fourth-order valence-electron chi connectivity index (χ4n) is 1.22. The molecule has 0 heterocycles. The topological polar surface area (TPSA) is 54.4 Å². The van der Waals surface area contributed by atoms with Gasteiger partial charge in [0.05, 0.1) is 0 Å². The summed E-state index contributed by atoms with van der Waals surface area (Å²) in [6, 6.07) is 9.53. The predicted molar refractivity (Wildman–Crippen MR) is 52.0 cm³/mol. The van der Waals surface area contributed by atoms with Gasteiger partial charge >= 0.3 is 5.97 Å². The van der Waals surface area contributed by atoms with Gasteiger partial charge in [0.25, 0.3) is 0 Å². The molecular formula is C11H12O3. The van der Waals surface area contributed by atoms with Crippen molar-refractivity contribution in [2.24, 2.45) is 5.92 Å². The van der Waals surface area contributed by atoms with Crippen molar-refractivity contribution in [1.29, 1.82) is 0 Å². The highest BCUT2D eigenvalue weighted by atomic mass is 16.4. The molecule has 0 saturated carbocycles. The molecule has 0 aliphatic rings. The zero-order valence-corrected chi connectivity index (χ0v) is 7.72. The van der Waals surface area contributed by atoms with E-state index in [0.29, 0.717) is 19.1 Å². The first-order valence-electron chi connectivity index (χ1n) is 4.46. The Hall–Kier alpha value is -1.64. The Bertz CT molecular complexity index is 306. The number of aldehydes is 1. The van der Waals surface area contributed by atoms with Crippen LogP contribution in [0.15, 0.2) is 30.3 Å². The average molecular weight is 192 g/mol. The first kappa shape index (κ1) is 10.4. The quantitative estimate of drug-likeness (QED) is 0.568. The molecule has 14 heavy (non-hydrogen) atoms. The standard InChI is InChI=1S/C11H12O3/c12-8-10(11(13)14)7-6-9-4-2-1-3-5-9/h1-5,8,10H,6-7H2,(H,13,14). The molecule has 0 aliphatic carbocycles. The van der Waals surface area contributed by atoms with E-state index in [4.69, 9.17) is 5.11 Å². The second-order valence-electron chi connectivity index (χ2n) is 3.11. The molecule has 0 saturated heterocycles. The Kier molecular flexibility index (Phi) is 3.85. The SMILES string of the molecule is O=CC(CCc1ccccc1)C(=O)O. The molecular weight excluding hydrogens is 180 g/mol. The Morgan fingerprint density at radius 1 is 1.36 bits per heavy atom. The maximum absolute atomic E-state index is 10.5. The third kappa shape index (κ3) is 3.01. The van der Waals surface area contributed by atoms with Gasteiger partial charge in [0, 0.05) is 0 Å². The Morgan fingerprint density at radius 2 is 2.00 bits per heavy atom. The van der Waals surface area contributed by atoms with Gasteiger partial charge in [0.15, 0.2) is 0 Å². The van der Waals surface area contributed by atoms with Crippen molar-refractivity contribution in [3.8, 4) is 0 Å². The van der Waals surface area contributed by atoms with Gasteiger partial charge in [0.1, 0.15) is 12.2 Å². The van der Waals surface area contributed by atoms with Gasteiger partial charge in [-0.2, -0.15) is 0 Å². The van der Waals surface area contributed by atoms with Crippen LogP contribution in [0.1, 0.15) is 12.0 Å². The number of carbonyl (C=O) groups is 2. The molecule has 0 spiro atoms. The molecule has 0 fully saturated rings. The number of carboxylic acids is 1. The van der Waals surface area contributed by atoms with Crippen LogP contribution in [0.25, 0.3) is 0 Å². The molecule has 0 radical (unpaired) electrons. The highest BCUT2D eigenvalue weighted by Gasteiger charge is 2.15. The van der Waals surface area contributed by atoms with Gasteiger partial charge in [-0.25, -0.2) is 0 Å². The molecule has 0 aromatic heterocycles. The van der Waals surface area contributed by atoms with E-state index in [0.717, 1.165) is 5.56 Å². The normalized spacial score (nSPS) is 12.0. The van der Waals surface area contributed by atoms with Crippen molar-refractivity contribution >= 4 is 12.3 Å². The van der Waals surface area contributed by atoms with Gasteiger partial charge in [0.2, 0.25) is 0 Å². The third-order valence-electron chi connectivity index (χ3n) is 2.07. The number of hydrogen-bond donors (Lipinski definition) is 1. The van der Waals surface area contributed by atoms with Crippen LogP contribution in [0, 0.1) is 5.92 Å². The lowest BCUT2D eigenvalue weighted by Gasteiger charge is -2.04. The fourth-order valence-corrected chi connectivity index (χ4v) is 1.22. The van der Waals surface area contributed by atoms with Crippen LogP contribution in [0.2, 0.25) is 0 Å². The van der Waals surface area contributed by atoms with E-state index in [9.17, 15) is 9.59 Å². The first-order chi connectivity index (χ1) is 6.74. The maximum Gasteiger partial charge on any atom is 0.313 e. The molecule has 0 bridgehead atoms. The Labute approximate surface area is 82.4 Å². The molecule has 74 valence electrons. The van der Waals surface area contributed by atoms with Crippen molar-refractivity contribution in [2.45, 2.75) is 12.8 Å². The highest BCUT2D eigenvalue weighted by Crippen LogP contribution is 2.08. The molecule has 3 heteroatoms. The summed E-state index contributed by atoms with van der Waals surface area (Å²) in [4.78, 5) is 20.9. The van der Waals surface area contributed by atoms with Gasteiger partial charge in [-0.1, -0.05) is 30.3 Å². The lowest BCUT2D eigenvalue weighted by Crippen LogP contribution is -2.15. The first-order valence-corrected chi connectivity index (χ1v) is 4.46. The van der Waals surface area contributed by atoms with Crippen molar-refractivity contribution in [1.82, 2.24) is 0 Å². The average Bonchev–Trinajstić information content (AvgIpc) is 2.20. The lowest BCUT2D eigenvalue weighted by molar-refractivity contribution is -0.143. The van der Waals surface area contributed by atoms with Crippen LogP contribution in [0.5, 0.6) is 0 Å². The van der Waals surface area contributed by atoms with E-state index in [-0.39, 0.29) is 0 Å². The van der Waals surface area contributed by atoms with E-state index >= 15 is 0 Å². The number of carbonyl (C=O) groups excluding carboxylic acids is 1. The summed E-state index contributed by atoms with van der Waals surface area (Å²) in [6.45, 7) is 0. The summed E-state index contributed by atoms with van der Waals surface area (Å²) in [6.07, 6.45) is 1.48. The fraction of sp³-hybridized carbons (Fsp3) is 0.273. The molecule has 1 N–H and O–H groups in total. The summed E-state index contributed by atoms with van der Waals surface area (Å²) in [5.41, 5.74) is 1.06. The molecule has 3 nitrogen and oxygen atoms in total.